The van der Waals surface area contributed by atoms with Crippen LogP contribution in [0.4, 0.5) is 4.79 Å². The van der Waals surface area contributed by atoms with Crippen LogP contribution in [0.1, 0.15) is 78.6 Å². The summed E-state index contributed by atoms with van der Waals surface area (Å²) in [6.45, 7) is 6.35. The number of cyclic esters (lactones) is 1. The quantitative estimate of drug-likeness (QED) is 0.151. The van der Waals surface area contributed by atoms with Gasteiger partial charge in [0, 0.05) is 6.61 Å². The zero-order chi connectivity index (χ0) is 24.3. The molecule has 3 atom stereocenters. The average Bonchev–Trinajstić information content (AvgIpc) is 3.16. The van der Waals surface area contributed by atoms with Crippen molar-refractivity contribution < 1.29 is 19.1 Å². The lowest BCUT2D eigenvalue weighted by atomic mass is 10.1. The largest absolute Gasteiger partial charge is 0.442 e. The minimum Gasteiger partial charge on any atom is -0.442 e. The molecular weight excluding hydrogens is 414 g/mol. The summed E-state index contributed by atoms with van der Waals surface area (Å²) < 4.78 is 11.0. The number of rotatable bonds is 16. The lowest BCUT2D eigenvalue weighted by molar-refractivity contribution is -0.141. The number of ether oxygens (including phenoxy) is 2. The molecule has 5 heteroatoms. The third kappa shape index (κ3) is 10.7. The number of unbranched alkanes of at least 4 members (excludes halogenated alkanes) is 2. The summed E-state index contributed by atoms with van der Waals surface area (Å²) in [5, 5.41) is 0. The first-order valence-corrected chi connectivity index (χ1v) is 12.3. The summed E-state index contributed by atoms with van der Waals surface area (Å²) in [6.07, 6.45) is 29.1. The molecule has 2 amide bonds. The maximum absolute atomic E-state index is 12.8. The predicted molar refractivity (Wildman–Crippen MR) is 135 cm³/mol. The van der Waals surface area contributed by atoms with Crippen LogP contribution in [0.5, 0.6) is 0 Å². The first kappa shape index (κ1) is 28.5. The Labute approximate surface area is 200 Å². The summed E-state index contributed by atoms with van der Waals surface area (Å²) >= 11 is 0. The molecule has 33 heavy (non-hydrogen) atoms. The van der Waals surface area contributed by atoms with Gasteiger partial charge >= 0.3 is 6.09 Å². The van der Waals surface area contributed by atoms with Gasteiger partial charge in [0.1, 0.15) is 18.2 Å². The maximum atomic E-state index is 12.8. The zero-order valence-corrected chi connectivity index (χ0v) is 20.6. The van der Waals surface area contributed by atoms with Crippen molar-refractivity contribution in [2.75, 3.05) is 6.61 Å². The van der Waals surface area contributed by atoms with Crippen molar-refractivity contribution in [3.8, 4) is 12.3 Å². The van der Waals surface area contributed by atoms with Gasteiger partial charge in [0.15, 0.2) is 0 Å². The van der Waals surface area contributed by atoms with Gasteiger partial charge in [0.25, 0.3) is 5.91 Å². The second-order valence-corrected chi connectivity index (χ2v) is 7.91. The molecule has 182 valence electrons. The van der Waals surface area contributed by atoms with Crippen LogP contribution in [0, 0.1) is 12.3 Å². The SMILES string of the molecule is C#CC1C(CC)OC(=O)N1C(=O)C(CC)OCCCCC=CCC=CCC=CCC=CCC. The van der Waals surface area contributed by atoms with Gasteiger partial charge in [-0.1, -0.05) is 75.3 Å². The molecule has 0 radical (unpaired) electrons. The van der Waals surface area contributed by atoms with E-state index in [0.29, 0.717) is 19.4 Å². The summed E-state index contributed by atoms with van der Waals surface area (Å²) in [5.74, 6) is 2.11. The number of amides is 2. The van der Waals surface area contributed by atoms with Gasteiger partial charge in [-0.05, 0) is 57.8 Å². The molecule has 1 fully saturated rings. The molecule has 0 bridgehead atoms. The second-order valence-electron chi connectivity index (χ2n) is 7.91. The van der Waals surface area contributed by atoms with Crippen LogP contribution < -0.4 is 0 Å². The fraction of sp³-hybridized carbons (Fsp3) is 0.571. The molecule has 1 aliphatic rings. The van der Waals surface area contributed by atoms with Gasteiger partial charge in [-0.25, -0.2) is 9.69 Å². The summed E-state index contributed by atoms with van der Waals surface area (Å²) in [7, 11) is 0. The van der Waals surface area contributed by atoms with E-state index in [1.807, 2.05) is 13.8 Å². The van der Waals surface area contributed by atoms with Crippen LogP contribution in [0.2, 0.25) is 0 Å². The molecule has 1 rings (SSSR count). The Hall–Kier alpha value is -2.58. The first-order valence-electron chi connectivity index (χ1n) is 12.3. The third-order valence-electron chi connectivity index (χ3n) is 5.34. The van der Waals surface area contributed by atoms with E-state index < -0.39 is 30.3 Å². The highest BCUT2D eigenvalue weighted by molar-refractivity contribution is 5.96. The fourth-order valence-corrected chi connectivity index (χ4v) is 3.45. The van der Waals surface area contributed by atoms with E-state index in [1.54, 1.807) is 0 Å². The Morgan fingerprint density at radius 3 is 2.18 bits per heavy atom. The Kier molecular flexibility index (Phi) is 15.4. The fourth-order valence-electron chi connectivity index (χ4n) is 3.45. The van der Waals surface area contributed by atoms with Gasteiger partial charge < -0.3 is 9.47 Å². The molecule has 0 saturated carbocycles. The molecule has 0 spiro atoms. The van der Waals surface area contributed by atoms with E-state index in [4.69, 9.17) is 15.9 Å². The lowest BCUT2D eigenvalue weighted by Crippen LogP contribution is -2.46. The van der Waals surface area contributed by atoms with E-state index in [9.17, 15) is 9.59 Å². The van der Waals surface area contributed by atoms with Crippen LogP contribution in [0.25, 0.3) is 0 Å². The van der Waals surface area contributed by atoms with E-state index in [2.05, 4.69) is 61.5 Å². The Morgan fingerprint density at radius 1 is 1.03 bits per heavy atom. The van der Waals surface area contributed by atoms with Crippen molar-refractivity contribution in [1.82, 2.24) is 4.90 Å². The van der Waals surface area contributed by atoms with Gasteiger partial charge in [-0.2, -0.15) is 0 Å². The smallest absolute Gasteiger partial charge is 0.418 e. The number of hydrogen-bond donors (Lipinski definition) is 0. The summed E-state index contributed by atoms with van der Waals surface area (Å²) in [5.41, 5.74) is 0. The predicted octanol–water partition coefficient (Wildman–Crippen LogP) is 6.52. The van der Waals surface area contributed by atoms with Crippen molar-refractivity contribution in [3.63, 3.8) is 0 Å². The van der Waals surface area contributed by atoms with Gasteiger partial charge in [0.05, 0.1) is 0 Å². The van der Waals surface area contributed by atoms with Crippen LogP contribution in [0.15, 0.2) is 48.6 Å². The molecule has 0 aliphatic carbocycles. The first-order chi connectivity index (χ1) is 16.1. The summed E-state index contributed by atoms with van der Waals surface area (Å²) in [4.78, 5) is 26.0. The third-order valence-corrected chi connectivity index (χ3v) is 5.34. The van der Waals surface area contributed by atoms with E-state index in [-0.39, 0.29) is 0 Å². The van der Waals surface area contributed by atoms with Crippen molar-refractivity contribution in [2.24, 2.45) is 0 Å². The average molecular weight is 456 g/mol. The second kappa shape index (κ2) is 17.9. The molecule has 0 aromatic carbocycles. The number of allylic oxidation sites excluding steroid dienone is 8. The molecule has 0 N–H and O–H groups in total. The molecule has 5 nitrogen and oxygen atoms in total. The number of carbonyl (C=O) groups excluding carboxylic acids is 2. The van der Waals surface area contributed by atoms with E-state index in [1.165, 1.54) is 0 Å². The molecule has 0 aromatic rings. The number of imide groups is 1. The minimum atomic E-state index is -0.679. The normalized spacial score (nSPS) is 19.8. The van der Waals surface area contributed by atoms with Crippen LogP contribution in [0.3, 0.4) is 0 Å². The number of nitrogens with zero attached hydrogens (tertiary/aromatic N) is 1. The minimum absolute atomic E-state index is 0.402. The Balaban J connectivity index is 2.21. The maximum Gasteiger partial charge on any atom is 0.418 e. The van der Waals surface area contributed by atoms with Crippen molar-refractivity contribution >= 4 is 12.0 Å². The van der Waals surface area contributed by atoms with E-state index in [0.717, 1.165) is 49.8 Å². The highest BCUT2D eigenvalue weighted by atomic mass is 16.6. The van der Waals surface area contributed by atoms with Gasteiger partial charge in [-0.15, -0.1) is 6.42 Å². The molecule has 0 aromatic heterocycles. The van der Waals surface area contributed by atoms with Crippen molar-refractivity contribution in [2.45, 2.75) is 96.8 Å². The Bertz CT molecular complexity index is 729. The lowest BCUT2D eigenvalue weighted by Gasteiger charge is -2.23. The van der Waals surface area contributed by atoms with Crippen LogP contribution in [-0.2, 0) is 14.3 Å². The zero-order valence-electron chi connectivity index (χ0n) is 20.6. The standard InChI is InChI=1S/C28H41NO4/c1-5-9-10-11-12-13-14-15-16-17-18-19-20-21-22-23-32-26(8-4)27(30)29-24(6-2)25(7-3)33-28(29)31/h2,9-10,12-13,15-16,18-19,24-26H,5,7-8,11,14,17,20-23H2,1,3-4H3. The topological polar surface area (TPSA) is 55.8 Å². The van der Waals surface area contributed by atoms with Crippen molar-refractivity contribution in [3.05, 3.63) is 48.6 Å². The molecular formula is C28H41NO4. The van der Waals surface area contributed by atoms with E-state index >= 15 is 0 Å². The van der Waals surface area contributed by atoms with Gasteiger partial charge in [-0.3, -0.25) is 4.79 Å². The summed E-state index contributed by atoms with van der Waals surface area (Å²) in [6, 6.07) is -0.661. The molecule has 1 heterocycles. The van der Waals surface area contributed by atoms with Gasteiger partial charge in [0.2, 0.25) is 0 Å². The highest BCUT2D eigenvalue weighted by Gasteiger charge is 2.45. The number of terminal acetylenes is 1. The van der Waals surface area contributed by atoms with Crippen LogP contribution in [-0.4, -0.2) is 41.8 Å². The number of carbonyl (C=O) groups is 2. The monoisotopic (exact) mass is 455 g/mol. The highest BCUT2D eigenvalue weighted by Crippen LogP contribution is 2.23. The van der Waals surface area contributed by atoms with Crippen molar-refractivity contribution in [1.29, 1.82) is 0 Å². The number of hydrogen-bond acceptors (Lipinski definition) is 4. The molecule has 1 saturated heterocycles. The molecule has 3 unspecified atom stereocenters. The van der Waals surface area contributed by atoms with Crippen LogP contribution >= 0.6 is 0 Å². The molecule has 1 aliphatic heterocycles. The Morgan fingerprint density at radius 2 is 1.64 bits per heavy atom.